The van der Waals surface area contributed by atoms with Gasteiger partial charge < -0.3 is 19.9 Å². The highest BCUT2D eigenvalue weighted by Gasteiger charge is 2.14. The first-order valence-corrected chi connectivity index (χ1v) is 9.46. The van der Waals surface area contributed by atoms with Crippen LogP contribution in [0, 0.1) is 0 Å². The molecule has 150 valence electrons. The standard InChI is InChI=1S/C24H21N3O3/c1-27-15-21(20-5-3-4-6-22(20)27)24(29)26-17-9-7-16(8-10-17)23(28)25-18-11-13-19(30-2)14-12-18/h3-15H,1-2H3,(H,25,28)(H,26,29). The topological polar surface area (TPSA) is 72.4 Å². The second kappa shape index (κ2) is 8.13. The van der Waals surface area contributed by atoms with Crippen LogP contribution in [0.15, 0.2) is 79.0 Å². The number of methoxy groups -OCH3 is 1. The Morgan fingerprint density at radius 1 is 0.800 bits per heavy atom. The van der Waals surface area contributed by atoms with E-state index < -0.39 is 0 Å². The van der Waals surface area contributed by atoms with Gasteiger partial charge in [-0.1, -0.05) is 18.2 Å². The number of hydrogen-bond acceptors (Lipinski definition) is 3. The molecule has 0 bridgehead atoms. The van der Waals surface area contributed by atoms with Crippen molar-refractivity contribution in [2.24, 2.45) is 7.05 Å². The van der Waals surface area contributed by atoms with E-state index in [1.54, 1.807) is 55.6 Å². The van der Waals surface area contributed by atoms with Crippen molar-refractivity contribution < 1.29 is 14.3 Å². The molecular formula is C24H21N3O3. The van der Waals surface area contributed by atoms with E-state index in [4.69, 9.17) is 4.74 Å². The number of rotatable bonds is 5. The van der Waals surface area contributed by atoms with Crippen LogP contribution in [0.1, 0.15) is 20.7 Å². The number of nitrogens with one attached hydrogen (secondary N) is 2. The smallest absolute Gasteiger partial charge is 0.257 e. The van der Waals surface area contributed by atoms with E-state index in [-0.39, 0.29) is 11.8 Å². The van der Waals surface area contributed by atoms with Crippen LogP contribution in [0.25, 0.3) is 10.9 Å². The number of fused-ring (bicyclic) bond motifs is 1. The highest BCUT2D eigenvalue weighted by atomic mass is 16.5. The number of benzene rings is 3. The van der Waals surface area contributed by atoms with Crippen LogP contribution < -0.4 is 15.4 Å². The fourth-order valence-corrected chi connectivity index (χ4v) is 3.30. The van der Waals surface area contributed by atoms with Gasteiger partial charge in [-0.2, -0.15) is 0 Å². The number of aromatic nitrogens is 1. The average Bonchev–Trinajstić information content (AvgIpc) is 3.12. The fourth-order valence-electron chi connectivity index (χ4n) is 3.30. The summed E-state index contributed by atoms with van der Waals surface area (Å²) in [5, 5.41) is 6.62. The molecular weight excluding hydrogens is 378 g/mol. The molecule has 0 radical (unpaired) electrons. The normalized spacial score (nSPS) is 10.6. The number of anilines is 2. The van der Waals surface area contributed by atoms with Crippen LogP contribution in [-0.4, -0.2) is 23.5 Å². The Labute approximate surface area is 174 Å². The lowest BCUT2D eigenvalue weighted by Crippen LogP contribution is -2.13. The number of nitrogens with zero attached hydrogens (tertiary/aromatic N) is 1. The third kappa shape index (κ3) is 3.89. The van der Waals surface area contributed by atoms with Crippen LogP contribution >= 0.6 is 0 Å². The summed E-state index contributed by atoms with van der Waals surface area (Å²) < 4.78 is 7.04. The van der Waals surface area contributed by atoms with Crippen molar-refractivity contribution in [3.63, 3.8) is 0 Å². The molecule has 0 spiro atoms. The van der Waals surface area contributed by atoms with E-state index >= 15 is 0 Å². The van der Waals surface area contributed by atoms with E-state index in [2.05, 4.69) is 10.6 Å². The molecule has 0 aliphatic carbocycles. The molecule has 0 unspecified atom stereocenters. The van der Waals surface area contributed by atoms with Gasteiger partial charge in [-0.3, -0.25) is 9.59 Å². The van der Waals surface area contributed by atoms with E-state index in [1.165, 1.54) is 0 Å². The first-order valence-electron chi connectivity index (χ1n) is 9.46. The summed E-state index contributed by atoms with van der Waals surface area (Å²) in [4.78, 5) is 25.2. The van der Waals surface area contributed by atoms with E-state index in [9.17, 15) is 9.59 Å². The predicted octanol–water partition coefficient (Wildman–Crippen LogP) is 4.69. The minimum absolute atomic E-state index is 0.192. The SMILES string of the molecule is COc1ccc(NC(=O)c2ccc(NC(=O)c3cn(C)c4ccccc34)cc2)cc1. The second-order valence-electron chi connectivity index (χ2n) is 6.88. The van der Waals surface area contributed by atoms with Gasteiger partial charge in [0.05, 0.1) is 12.7 Å². The number of carbonyl (C=O) groups excluding carboxylic acids is 2. The predicted molar refractivity (Wildman–Crippen MR) is 118 cm³/mol. The molecule has 0 fully saturated rings. The van der Waals surface area contributed by atoms with Gasteiger partial charge in [0, 0.05) is 41.1 Å². The van der Waals surface area contributed by atoms with Crippen molar-refractivity contribution in [1.29, 1.82) is 0 Å². The lowest BCUT2D eigenvalue weighted by atomic mass is 10.1. The molecule has 1 aromatic heterocycles. The maximum Gasteiger partial charge on any atom is 0.257 e. The van der Waals surface area contributed by atoms with E-state index in [0.717, 1.165) is 16.7 Å². The zero-order valence-corrected chi connectivity index (χ0v) is 16.7. The van der Waals surface area contributed by atoms with Crippen LogP contribution in [-0.2, 0) is 7.05 Å². The Morgan fingerprint density at radius 3 is 2.07 bits per heavy atom. The van der Waals surface area contributed by atoms with Crippen molar-refractivity contribution in [3.05, 3.63) is 90.1 Å². The molecule has 2 N–H and O–H groups in total. The van der Waals surface area contributed by atoms with Gasteiger partial charge in [-0.25, -0.2) is 0 Å². The third-order valence-electron chi connectivity index (χ3n) is 4.89. The minimum Gasteiger partial charge on any atom is -0.497 e. The zero-order valence-electron chi connectivity index (χ0n) is 16.7. The zero-order chi connectivity index (χ0) is 21.1. The van der Waals surface area contributed by atoms with E-state index in [1.807, 2.05) is 42.1 Å². The molecule has 2 amide bonds. The van der Waals surface area contributed by atoms with Gasteiger partial charge in [0.15, 0.2) is 0 Å². The highest BCUT2D eigenvalue weighted by molar-refractivity contribution is 6.13. The molecule has 6 nitrogen and oxygen atoms in total. The van der Waals surface area contributed by atoms with Gasteiger partial charge in [0.2, 0.25) is 0 Å². The number of para-hydroxylation sites is 1. The Kier molecular flexibility index (Phi) is 5.22. The summed E-state index contributed by atoms with van der Waals surface area (Å²) in [5.74, 6) is 0.300. The summed E-state index contributed by atoms with van der Waals surface area (Å²) in [5.41, 5.74) is 3.39. The molecule has 4 aromatic rings. The summed E-state index contributed by atoms with van der Waals surface area (Å²) >= 11 is 0. The monoisotopic (exact) mass is 399 g/mol. The molecule has 6 heteroatoms. The maximum absolute atomic E-state index is 12.7. The molecule has 4 rings (SSSR count). The first kappa shape index (κ1) is 19.3. The lowest BCUT2D eigenvalue weighted by Gasteiger charge is -2.08. The molecule has 3 aromatic carbocycles. The number of amides is 2. The molecule has 1 heterocycles. The van der Waals surface area contributed by atoms with Gasteiger partial charge in [-0.05, 0) is 54.6 Å². The number of ether oxygens (including phenoxy) is 1. The summed E-state index contributed by atoms with van der Waals surface area (Å²) in [6, 6.07) is 21.6. The molecule has 0 saturated heterocycles. The second-order valence-corrected chi connectivity index (χ2v) is 6.88. The van der Waals surface area contributed by atoms with Crippen LogP contribution in [0.2, 0.25) is 0 Å². The van der Waals surface area contributed by atoms with Crippen molar-refractivity contribution in [3.8, 4) is 5.75 Å². The fraction of sp³-hybridized carbons (Fsp3) is 0.0833. The Hall–Kier alpha value is -4.06. The Balaban J connectivity index is 1.45. The summed E-state index contributed by atoms with van der Waals surface area (Å²) in [6.07, 6.45) is 1.82. The Morgan fingerprint density at radius 2 is 1.40 bits per heavy atom. The average molecular weight is 399 g/mol. The maximum atomic E-state index is 12.7. The molecule has 0 aliphatic rings. The number of hydrogen-bond donors (Lipinski definition) is 2. The minimum atomic E-state index is -0.230. The molecule has 30 heavy (non-hydrogen) atoms. The van der Waals surface area contributed by atoms with Crippen LogP contribution in [0.3, 0.4) is 0 Å². The lowest BCUT2D eigenvalue weighted by molar-refractivity contribution is 0.102. The quantitative estimate of drug-likeness (QED) is 0.511. The first-order chi connectivity index (χ1) is 14.5. The van der Waals surface area contributed by atoms with Gasteiger partial charge >= 0.3 is 0 Å². The summed E-state index contributed by atoms with van der Waals surface area (Å²) in [7, 11) is 3.50. The summed E-state index contributed by atoms with van der Waals surface area (Å²) in [6.45, 7) is 0. The Bertz CT molecular complexity index is 1210. The molecule has 0 saturated carbocycles. The number of carbonyl (C=O) groups is 2. The highest BCUT2D eigenvalue weighted by Crippen LogP contribution is 2.22. The van der Waals surface area contributed by atoms with Gasteiger partial charge in [0.25, 0.3) is 11.8 Å². The van der Waals surface area contributed by atoms with Gasteiger partial charge in [0.1, 0.15) is 5.75 Å². The third-order valence-corrected chi connectivity index (χ3v) is 4.89. The van der Waals surface area contributed by atoms with Gasteiger partial charge in [-0.15, -0.1) is 0 Å². The van der Waals surface area contributed by atoms with Crippen LogP contribution in [0.4, 0.5) is 11.4 Å². The van der Waals surface area contributed by atoms with E-state index in [0.29, 0.717) is 22.5 Å². The molecule has 0 aliphatic heterocycles. The van der Waals surface area contributed by atoms with Crippen LogP contribution in [0.5, 0.6) is 5.75 Å². The van der Waals surface area contributed by atoms with Crippen molar-refractivity contribution in [1.82, 2.24) is 4.57 Å². The van der Waals surface area contributed by atoms with Crippen molar-refractivity contribution in [2.75, 3.05) is 17.7 Å². The van der Waals surface area contributed by atoms with Crippen molar-refractivity contribution >= 4 is 34.1 Å². The largest absolute Gasteiger partial charge is 0.497 e. The number of aryl methyl sites for hydroxylation is 1. The van der Waals surface area contributed by atoms with Crippen molar-refractivity contribution in [2.45, 2.75) is 0 Å². The molecule has 0 atom stereocenters.